The summed E-state index contributed by atoms with van der Waals surface area (Å²) in [4.78, 5) is 11.8. The molecule has 0 aromatic heterocycles. The van der Waals surface area contributed by atoms with Crippen LogP contribution >= 0.6 is 15.9 Å². The summed E-state index contributed by atoms with van der Waals surface area (Å²) in [7, 11) is 1.61. The highest BCUT2D eigenvalue weighted by Crippen LogP contribution is 2.23. The van der Waals surface area contributed by atoms with E-state index in [1.165, 1.54) is 0 Å². The van der Waals surface area contributed by atoms with Gasteiger partial charge in [0.2, 0.25) is 0 Å². The maximum atomic E-state index is 11.8. The molecule has 1 N–H and O–H groups in total. The number of amides is 1. The van der Waals surface area contributed by atoms with Gasteiger partial charge < -0.3 is 14.8 Å². The number of ether oxygens (including phenoxy) is 2. The zero-order valence-electron chi connectivity index (χ0n) is 11.6. The van der Waals surface area contributed by atoms with Crippen LogP contribution in [0.5, 0.6) is 11.5 Å². The van der Waals surface area contributed by atoms with Crippen molar-refractivity contribution >= 4 is 21.8 Å². The first-order valence-electron chi connectivity index (χ1n) is 6.46. The molecule has 0 saturated carbocycles. The van der Waals surface area contributed by atoms with Crippen molar-refractivity contribution in [1.82, 2.24) is 5.32 Å². The molecule has 2 aromatic rings. The van der Waals surface area contributed by atoms with Crippen LogP contribution in [0.15, 0.2) is 53.0 Å². The standard InChI is InChI=1S/C16H16BrNO3/c1-20-13-6-4-5-12(9-13)10-18-16(19)11-21-15-8-3-2-7-14(15)17/h2-9H,10-11H2,1H3,(H,18,19). The maximum absolute atomic E-state index is 11.8. The Morgan fingerprint density at radius 2 is 2.00 bits per heavy atom. The van der Waals surface area contributed by atoms with Gasteiger partial charge in [0.15, 0.2) is 6.61 Å². The summed E-state index contributed by atoms with van der Waals surface area (Å²) < 4.78 is 11.4. The molecule has 2 aromatic carbocycles. The summed E-state index contributed by atoms with van der Waals surface area (Å²) in [6, 6.07) is 15.0. The number of carbonyl (C=O) groups is 1. The number of rotatable bonds is 6. The fourth-order valence-electron chi connectivity index (χ4n) is 1.74. The molecule has 0 aliphatic heterocycles. The van der Waals surface area contributed by atoms with Gasteiger partial charge in [-0.25, -0.2) is 0 Å². The molecule has 0 spiro atoms. The van der Waals surface area contributed by atoms with E-state index in [4.69, 9.17) is 9.47 Å². The van der Waals surface area contributed by atoms with Gasteiger partial charge in [-0.15, -0.1) is 0 Å². The van der Waals surface area contributed by atoms with Crippen LogP contribution in [0.2, 0.25) is 0 Å². The van der Waals surface area contributed by atoms with Gasteiger partial charge in [-0.05, 0) is 45.8 Å². The minimum Gasteiger partial charge on any atom is -0.497 e. The second kappa shape index (κ2) is 7.69. The molecule has 0 fully saturated rings. The lowest BCUT2D eigenvalue weighted by Gasteiger charge is -2.09. The molecule has 0 atom stereocenters. The van der Waals surface area contributed by atoms with Gasteiger partial charge in [0.05, 0.1) is 11.6 Å². The molecule has 0 saturated heterocycles. The predicted octanol–water partition coefficient (Wildman–Crippen LogP) is 3.15. The van der Waals surface area contributed by atoms with E-state index in [-0.39, 0.29) is 12.5 Å². The second-order valence-corrected chi connectivity index (χ2v) is 5.20. The SMILES string of the molecule is COc1cccc(CNC(=O)COc2ccccc2Br)c1. The monoisotopic (exact) mass is 349 g/mol. The van der Waals surface area contributed by atoms with E-state index >= 15 is 0 Å². The minimum absolute atomic E-state index is 0.0212. The average Bonchev–Trinajstić information content (AvgIpc) is 2.52. The number of benzene rings is 2. The third-order valence-corrected chi connectivity index (χ3v) is 3.47. The van der Waals surface area contributed by atoms with Gasteiger partial charge in [0, 0.05) is 6.54 Å². The molecule has 0 unspecified atom stereocenters. The quantitative estimate of drug-likeness (QED) is 0.871. The largest absolute Gasteiger partial charge is 0.497 e. The number of carbonyl (C=O) groups excluding carboxylic acids is 1. The van der Waals surface area contributed by atoms with Crippen molar-refractivity contribution in [2.45, 2.75) is 6.54 Å². The number of hydrogen-bond acceptors (Lipinski definition) is 3. The van der Waals surface area contributed by atoms with Gasteiger partial charge in [-0.3, -0.25) is 4.79 Å². The zero-order chi connectivity index (χ0) is 15.1. The highest BCUT2D eigenvalue weighted by molar-refractivity contribution is 9.10. The summed E-state index contributed by atoms with van der Waals surface area (Å²) >= 11 is 3.37. The Hall–Kier alpha value is -2.01. The molecular formula is C16H16BrNO3. The van der Waals surface area contributed by atoms with E-state index in [1.54, 1.807) is 13.2 Å². The van der Waals surface area contributed by atoms with E-state index in [0.29, 0.717) is 12.3 Å². The van der Waals surface area contributed by atoms with Crippen LogP contribution in [0.1, 0.15) is 5.56 Å². The van der Waals surface area contributed by atoms with Crippen molar-refractivity contribution in [3.8, 4) is 11.5 Å². The smallest absolute Gasteiger partial charge is 0.258 e. The Labute approximate surface area is 132 Å². The van der Waals surface area contributed by atoms with Crippen LogP contribution in [0, 0.1) is 0 Å². The van der Waals surface area contributed by atoms with Gasteiger partial charge in [0.25, 0.3) is 5.91 Å². The Kier molecular flexibility index (Phi) is 5.63. The first-order valence-corrected chi connectivity index (χ1v) is 7.25. The Morgan fingerprint density at radius 1 is 1.19 bits per heavy atom. The molecule has 4 nitrogen and oxygen atoms in total. The van der Waals surface area contributed by atoms with E-state index in [0.717, 1.165) is 15.8 Å². The van der Waals surface area contributed by atoms with Crippen molar-refractivity contribution in [3.05, 3.63) is 58.6 Å². The topological polar surface area (TPSA) is 47.6 Å². The van der Waals surface area contributed by atoms with Crippen LogP contribution in [-0.2, 0) is 11.3 Å². The minimum atomic E-state index is -0.173. The van der Waals surface area contributed by atoms with Crippen LogP contribution < -0.4 is 14.8 Å². The molecule has 0 radical (unpaired) electrons. The third-order valence-electron chi connectivity index (χ3n) is 2.82. The lowest BCUT2D eigenvalue weighted by molar-refractivity contribution is -0.123. The van der Waals surface area contributed by atoms with Gasteiger partial charge >= 0.3 is 0 Å². The molecule has 2 rings (SSSR count). The Bertz CT molecular complexity index is 616. The number of nitrogens with one attached hydrogen (secondary N) is 1. The summed E-state index contributed by atoms with van der Waals surface area (Å²) in [5.41, 5.74) is 0.976. The normalized spacial score (nSPS) is 10.0. The van der Waals surface area contributed by atoms with Gasteiger partial charge in [-0.2, -0.15) is 0 Å². The van der Waals surface area contributed by atoms with Gasteiger partial charge in [-0.1, -0.05) is 24.3 Å². The third kappa shape index (κ3) is 4.79. The fraction of sp³-hybridized carbons (Fsp3) is 0.188. The Balaban J connectivity index is 1.81. The first-order chi connectivity index (χ1) is 10.2. The number of methoxy groups -OCH3 is 1. The van der Waals surface area contributed by atoms with E-state index < -0.39 is 0 Å². The van der Waals surface area contributed by atoms with Crippen molar-refractivity contribution < 1.29 is 14.3 Å². The molecule has 110 valence electrons. The number of para-hydroxylation sites is 1. The second-order valence-electron chi connectivity index (χ2n) is 4.35. The van der Waals surface area contributed by atoms with Crippen molar-refractivity contribution in [2.24, 2.45) is 0 Å². The summed E-state index contributed by atoms with van der Waals surface area (Å²) in [5, 5.41) is 2.81. The summed E-state index contributed by atoms with van der Waals surface area (Å²) in [5.74, 6) is 1.24. The van der Waals surface area contributed by atoms with Crippen molar-refractivity contribution in [2.75, 3.05) is 13.7 Å². The molecule has 0 aliphatic carbocycles. The number of halogens is 1. The highest BCUT2D eigenvalue weighted by Gasteiger charge is 2.05. The van der Waals surface area contributed by atoms with Crippen molar-refractivity contribution in [3.63, 3.8) is 0 Å². The fourth-order valence-corrected chi connectivity index (χ4v) is 2.14. The average molecular weight is 350 g/mol. The van der Waals surface area contributed by atoms with E-state index in [2.05, 4.69) is 21.2 Å². The first kappa shape index (κ1) is 15.4. The van der Waals surface area contributed by atoms with Crippen molar-refractivity contribution in [1.29, 1.82) is 0 Å². The van der Waals surface area contributed by atoms with E-state index in [9.17, 15) is 4.79 Å². The number of hydrogen-bond donors (Lipinski definition) is 1. The molecule has 5 heteroatoms. The molecular weight excluding hydrogens is 334 g/mol. The highest BCUT2D eigenvalue weighted by atomic mass is 79.9. The molecule has 0 bridgehead atoms. The molecule has 21 heavy (non-hydrogen) atoms. The van der Waals surface area contributed by atoms with Crippen LogP contribution in [0.3, 0.4) is 0 Å². The lowest BCUT2D eigenvalue weighted by atomic mass is 10.2. The zero-order valence-corrected chi connectivity index (χ0v) is 13.2. The Morgan fingerprint density at radius 3 is 2.76 bits per heavy atom. The summed E-state index contributed by atoms with van der Waals surface area (Å²) in [6.45, 7) is 0.419. The predicted molar refractivity (Wildman–Crippen MR) is 84.5 cm³/mol. The van der Waals surface area contributed by atoms with E-state index in [1.807, 2.05) is 42.5 Å². The molecule has 0 aliphatic rings. The van der Waals surface area contributed by atoms with Crippen LogP contribution in [-0.4, -0.2) is 19.6 Å². The summed E-state index contributed by atoms with van der Waals surface area (Å²) in [6.07, 6.45) is 0. The maximum Gasteiger partial charge on any atom is 0.258 e. The lowest BCUT2D eigenvalue weighted by Crippen LogP contribution is -2.28. The van der Waals surface area contributed by atoms with Crippen LogP contribution in [0.4, 0.5) is 0 Å². The van der Waals surface area contributed by atoms with Gasteiger partial charge in [0.1, 0.15) is 11.5 Å². The van der Waals surface area contributed by atoms with Crippen LogP contribution in [0.25, 0.3) is 0 Å². The molecule has 1 amide bonds. The molecule has 0 heterocycles.